The van der Waals surface area contributed by atoms with E-state index in [2.05, 4.69) is 89.7 Å². The number of hydrogen-bond acceptors (Lipinski definition) is 3. The minimum absolute atomic E-state index is 0.221. The summed E-state index contributed by atoms with van der Waals surface area (Å²) < 4.78 is 17.8. The fourth-order valence-electron chi connectivity index (χ4n) is 6.29. The molecule has 260 valence electrons. The molecule has 0 aliphatic rings. The zero-order chi connectivity index (χ0) is 36.1. The van der Waals surface area contributed by atoms with Gasteiger partial charge in [0.25, 0.3) is 0 Å². The molecular weight excluding hydrogens is 694 g/mol. The third-order valence-electron chi connectivity index (χ3n) is 9.77. The number of ether oxygens (including phenoxy) is 3. The van der Waals surface area contributed by atoms with Crippen LogP contribution in [0.5, 0.6) is 11.5 Å². The first-order chi connectivity index (χ1) is 23.2. The van der Waals surface area contributed by atoms with Gasteiger partial charge >= 0.3 is 0 Å². The Morgan fingerprint density at radius 2 is 1.22 bits per heavy atom. The number of hydrogen-bond donors (Lipinski definition) is 0. The van der Waals surface area contributed by atoms with Crippen LogP contribution in [0.2, 0.25) is 15.1 Å². The number of alkyl halides is 1. The van der Waals surface area contributed by atoms with Gasteiger partial charge in [0.15, 0.2) is 5.75 Å². The molecule has 0 N–H and O–H groups in total. The zero-order valence-corrected chi connectivity index (χ0v) is 32.7. The Hall–Kier alpha value is -3.08. The standard InChI is InChI=1S/C42H46Cl4O3/c1-10-31-21-34(22-37(44)29(31)6)41(8,32-13-11-27(4)12-14-32)42(9,35-23-38(45)40(39(46)24-35)47-20-19-43)33-15-17-36(18-16-33)48-25-28(5)49-30(7)26(2)3/h11-18,21-24H,5,10,19-20,25H2,1-4,6-9H3. The molecule has 0 spiro atoms. The molecular formula is C42H46Cl4O3. The van der Waals surface area contributed by atoms with Gasteiger partial charge in [0.2, 0.25) is 0 Å². The molecule has 0 aromatic heterocycles. The largest absolute Gasteiger partial charge is 0.489 e. The summed E-state index contributed by atoms with van der Waals surface area (Å²) in [6, 6.07) is 25.2. The highest BCUT2D eigenvalue weighted by atomic mass is 35.5. The molecule has 4 aromatic carbocycles. The third kappa shape index (κ3) is 8.12. The number of allylic oxidation sites excluding steroid dienone is 2. The Morgan fingerprint density at radius 1 is 0.714 bits per heavy atom. The number of aryl methyl sites for hydroxylation is 2. The third-order valence-corrected chi connectivity index (χ3v) is 10.9. The zero-order valence-electron chi connectivity index (χ0n) is 29.7. The SMILES string of the molecule is C=C(COc1ccc(C(C)(c2cc(Cl)c(OCCCl)c(Cl)c2)C(C)(c2ccc(C)cc2)c2cc(Cl)c(C)c(CC)c2)cc1)OC(C)=C(C)C. The molecule has 0 saturated heterocycles. The Morgan fingerprint density at radius 3 is 1.73 bits per heavy atom. The lowest BCUT2D eigenvalue weighted by Crippen LogP contribution is -2.47. The lowest BCUT2D eigenvalue weighted by atomic mass is 9.53. The predicted molar refractivity (Wildman–Crippen MR) is 209 cm³/mol. The van der Waals surface area contributed by atoms with Gasteiger partial charge in [-0.3, -0.25) is 0 Å². The van der Waals surface area contributed by atoms with Crippen molar-refractivity contribution in [2.45, 2.75) is 72.6 Å². The first-order valence-electron chi connectivity index (χ1n) is 16.4. The highest BCUT2D eigenvalue weighted by molar-refractivity contribution is 6.37. The molecule has 0 amide bonds. The Balaban J connectivity index is 1.97. The van der Waals surface area contributed by atoms with Crippen LogP contribution in [-0.2, 0) is 22.0 Å². The van der Waals surface area contributed by atoms with Gasteiger partial charge in [0.05, 0.1) is 21.7 Å². The monoisotopic (exact) mass is 738 g/mol. The van der Waals surface area contributed by atoms with E-state index < -0.39 is 10.8 Å². The van der Waals surface area contributed by atoms with Crippen molar-refractivity contribution in [3.8, 4) is 11.5 Å². The van der Waals surface area contributed by atoms with E-state index >= 15 is 0 Å². The lowest BCUT2D eigenvalue weighted by Gasteiger charge is -2.49. The molecule has 0 radical (unpaired) electrons. The van der Waals surface area contributed by atoms with Crippen molar-refractivity contribution in [2.75, 3.05) is 19.1 Å². The normalized spacial score (nSPS) is 13.6. The summed E-state index contributed by atoms with van der Waals surface area (Å²) in [6.07, 6.45) is 0.846. The molecule has 0 fully saturated rings. The molecule has 0 aliphatic heterocycles. The first-order valence-corrected chi connectivity index (χ1v) is 18.1. The Labute approximate surface area is 312 Å². The van der Waals surface area contributed by atoms with E-state index in [9.17, 15) is 0 Å². The highest BCUT2D eigenvalue weighted by Gasteiger charge is 2.50. The Bertz CT molecular complexity index is 1800. The average Bonchev–Trinajstić information content (AvgIpc) is 3.07. The number of benzene rings is 4. The molecule has 0 aliphatic carbocycles. The minimum Gasteiger partial charge on any atom is -0.489 e. The van der Waals surface area contributed by atoms with Crippen LogP contribution in [0.15, 0.2) is 96.5 Å². The predicted octanol–water partition coefficient (Wildman–Crippen LogP) is 13.0. The van der Waals surface area contributed by atoms with Crippen molar-refractivity contribution < 1.29 is 14.2 Å². The quantitative estimate of drug-likeness (QED) is 0.0952. The van der Waals surface area contributed by atoms with Crippen LogP contribution in [0.4, 0.5) is 0 Å². The second-order valence-corrected chi connectivity index (χ2v) is 14.6. The molecule has 0 saturated carbocycles. The summed E-state index contributed by atoms with van der Waals surface area (Å²) in [4.78, 5) is 0. The molecule has 0 heterocycles. The fraction of sp³-hybridized carbons (Fsp3) is 0.333. The Kier molecular flexibility index (Phi) is 12.9. The van der Waals surface area contributed by atoms with E-state index in [4.69, 9.17) is 60.6 Å². The lowest BCUT2D eigenvalue weighted by molar-refractivity contribution is 0.228. The van der Waals surface area contributed by atoms with E-state index in [1.54, 1.807) is 0 Å². The number of halogens is 4. The molecule has 7 heteroatoms. The first kappa shape index (κ1) is 38.7. The molecule has 4 rings (SSSR count). The van der Waals surface area contributed by atoms with E-state index in [1.807, 2.05) is 45.0 Å². The van der Waals surface area contributed by atoms with Gasteiger partial charge in [-0.1, -0.05) is 110 Å². The smallest absolute Gasteiger partial charge is 0.156 e. The van der Waals surface area contributed by atoms with Crippen LogP contribution >= 0.6 is 46.4 Å². The summed E-state index contributed by atoms with van der Waals surface area (Å²) in [5.41, 5.74) is 7.21. The maximum atomic E-state index is 7.00. The molecule has 4 aromatic rings. The topological polar surface area (TPSA) is 27.7 Å². The van der Waals surface area contributed by atoms with Gasteiger partial charge in [-0.25, -0.2) is 0 Å². The van der Waals surface area contributed by atoms with Crippen LogP contribution in [0.1, 0.15) is 80.5 Å². The summed E-state index contributed by atoms with van der Waals surface area (Å²) in [5.74, 6) is 2.76. The van der Waals surface area contributed by atoms with Gasteiger partial charge in [0, 0.05) is 15.9 Å². The number of rotatable bonds is 14. The van der Waals surface area contributed by atoms with E-state index in [-0.39, 0.29) is 13.2 Å². The van der Waals surface area contributed by atoms with Crippen LogP contribution < -0.4 is 9.47 Å². The van der Waals surface area contributed by atoms with Crippen LogP contribution in [-0.4, -0.2) is 19.1 Å². The molecule has 49 heavy (non-hydrogen) atoms. The summed E-state index contributed by atoms with van der Waals surface area (Å²) in [7, 11) is 0. The van der Waals surface area contributed by atoms with Crippen molar-refractivity contribution in [2.24, 2.45) is 0 Å². The maximum absolute atomic E-state index is 7.00. The van der Waals surface area contributed by atoms with E-state index in [0.29, 0.717) is 33.2 Å². The van der Waals surface area contributed by atoms with Crippen molar-refractivity contribution in [3.63, 3.8) is 0 Å². The fourth-order valence-corrected chi connectivity index (χ4v) is 7.20. The molecule has 2 atom stereocenters. The summed E-state index contributed by atoms with van der Waals surface area (Å²) in [5, 5.41) is 1.54. The maximum Gasteiger partial charge on any atom is 0.156 e. The molecule has 3 nitrogen and oxygen atoms in total. The van der Waals surface area contributed by atoms with Crippen LogP contribution in [0, 0.1) is 13.8 Å². The minimum atomic E-state index is -0.754. The molecule has 0 bridgehead atoms. The van der Waals surface area contributed by atoms with E-state index in [1.165, 1.54) is 11.1 Å². The van der Waals surface area contributed by atoms with Gasteiger partial charge in [-0.15, -0.1) is 11.6 Å². The van der Waals surface area contributed by atoms with Crippen LogP contribution in [0.25, 0.3) is 0 Å². The van der Waals surface area contributed by atoms with Crippen molar-refractivity contribution in [1.29, 1.82) is 0 Å². The van der Waals surface area contributed by atoms with Gasteiger partial charge < -0.3 is 14.2 Å². The second-order valence-electron chi connectivity index (χ2n) is 13.0. The van der Waals surface area contributed by atoms with Gasteiger partial charge in [-0.2, -0.15) is 0 Å². The van der Waals surface area contributed by atoms with Gasteiger partial charge in [0.1, 0.15) is 24.7 Å². The highest BCUT2D eigenvalue weighted by Crippen LogP contribution is 2.55. The summed E-state index contributed by atoms with van der Waals surface area (Å²) in [6.45, 7) is 21.3. The van der Waals surface area contributed by atoms with E-state index in [0.717, 1.165) is 50.6 Å². The van der Waals surface area contributed by atoms with Crippen molar-refractivity contribution in [1.82, 2.24) is 0 Å². The van der Waals surface area contributed by atoms with Gasteiger partial charge in [-0.05, 0) is 110 Å². The van der Waals surface area contributed by atoms with Crippen molar-refractivity contribution in [3.05, 3.63) is 150 Å². The van der Waals surface area contributed by atoms with Crippen LogP contribution in [0.3, 0.4) is 0 Å². The van der Waals surface area contributed by atoms with Crippen molar-refractivity contribution >= 4 is 46.4 Å². The average molecular weight is 741 g/mol. The summed E-state index contributed by atoms with van der Waals surface area (Å²) >= 11 is 26.8. The molecule has 2 unspecified atom stereocenters. The second kappa shape index (κ2) is 16.3.